The molecule has 0 radical (unpaired) electrons. The van der Waals surface area contributed by atoms with E-state index >= 15 is 0 Å². The van der Waals surface area contributed by atoms with Crippen molar-refractivity contribution < 1.29 is 9.32 Å². The number of hydrogen-bond donors (Lipinski definition) is 1. The predicted octanol–water partition coefficient (Wildman–Crippen LogP) is 5.77. The monoisotopic (exact) mass is 396 g/mol. The Morgan fingerprint density at radius 1 is 1.11 bits per heavy atom. The first-order chi connectivity index (χ1) is 13.2. The van der Waals surface area contributed by atoms with Crippen molar-refractivity contribution in [3.05, 3.63) is 71.5 Å². The van der Waals surface area contributed by atoms with Crippen LogP contribution in [-0.2, 0) is 0 Å². The zero-order chi connectivity index (χ0) is 18.6. The van der Waals surface area contributed by atoms with Crippen LogP contribution >= 0.6 is 23.5 Å². The summed E-state index contributed by atoms with van der Waals surface area (Å²) in [7, 11) is 0. The molecule has 4 rings (SSSR count). The Balaban J connectivity index is 1.58. The van der Waals surface area contributed by atoms with Gasteiger partial charge in [-0.1, -0.05) is 47.6 Å². The van der Waals surface area contributed by atoms with Gasteiger partial charge in [0.1, 0.15) is 17.0 Å². The first-order valence-corrected chi connectivity index (χ1v) is 11.0. The number of nitrogens with one attached hydrogen (secondary N) is 1. The summed E-state index contributed by atoms with van der Waals surface area (Å²) in [5.74, 6) is 2.69. The van der Waals surface area contributed by atoms with Crippen molar-refractivity contribution in [2.24, 2.45) is 0 Å². The molecule has 3 aromatic rings. The minimum absolute atomic E-state index is 0.200. The molecule has 0 atom stereocenters. The van der Waals surface area contributed by atoms with Crippen LogP contribution in [0.2, 0.25) is 0 Å². The second-order valence-corrected chi connectivity index (χ2v) is 9.06. The van der Waals surface area contributed by atoms with Crippen LogP contribution in [0.4, 0.5) is 5.69 Å². The Morgan fingerprint density at radius 2 is 1.89 bits per heavy atom. The molecule has 0 aliphatic carbocycles. The Labute approximate surface area is 167 Å². The van der Waals surface area contributed by atoms with E-state index in [1.165, 1.54) is 23.5 Å². The van der Waals surface area contributed by atoms with Gasteiger partial charge >= 0.3 is 0 Å². The molecule has 0 saturated carbocycles. The molecule has 0 bridgehead atoms. The maximum atomic E-state index is 13.0. The summed E-state index contributed by atoms with van der Waals surface area (Å²) in [6.45, 7) is 1.76. The van der Waals surface area contributed by atoms with Crippen molar-refractivity contribution in [2.45, 2.75) is 17.9 Å². The highest BCUT2D eigenvalue weighted by atomic mass is 32.2. The number of carbonyl (C=O) groups excluding carboxylic acids is 1. The predicted molar refractivity (Wildman–Crippen MR) is 113 cm³/mol. The number of carbonyl (C=O) groups is 1. The second-order valence-electron chi connectivity index (χ2n) is 6.34. The Morgan fingerprint density at radius 3 is 2.67 bits per heavy atom. The molecule has 4 nitrogen and oxygen atoms in total. The number of amides is 1. The smallest absolute Gasteiger partial charge is 0.261 e. The second kappa shape index (κ2) is 8.23. The fourth-order valence-corrected chi connectivity index (χ4v) is 5.94. The summed E-state index contributed by atoms with van der Waals surface area (Å²) in [4.78, 5) is 13.0. The van der Waals surface area contributed by atoms with E-state index in [-0.39, 0.29) is 5.91 Å². The summed E-state index contributed by atoms with van der Waals surface area (Å²) in [6, 6.07) is 17.7. The lowest BCUT2D eigenvalue weighted by Crippen LogP contribution is -2.13. The zero-order valence-corrected chi connectivity index (χ0v) is 16.6. The molecule has 6 heteroatoms. The van der Waals surface area contributed by atoms with E-state index in [0.717, 1.165) is 11.3 Å². The van der Waals surface area contributed by atoms with E-state index in [1.54, 1.807) is 6.92 Å². The van der Waals surface area contributed by atoms with Gasteiger partial charge in [-0.05, 0) is 42.5 Å². The summed E-state index contributed by atoms with van der Waals surface area (Å²) in [5.41, 5.74) is 3.95. The molecule has 138 valence electrons. The van der Waals surface area contributed by atoms with Gasteiger partial charge in [0.25, 0.3) is 5.91 Å². The Bertz CT molecular complexity index is 934. The minimum Gasteiger partial charge on any atom is -0.360 e. The lowest BCUT2D eigenvalue weighted by molar-refractivity contribution is 0.102. The highest BCUT2D eigenvalue weighted by Crippen LogP contribution is 2.44. The Hall–Kier alpha value is -2.18. The number of anilines is 1. The van der Waals surface area contributed by atoms with Crippen LogP contribution in [-0.4, -0.2) is 22.6 Å². The molecule has 0 unspecified atom stereocenters. The fourth-order valence-electron chi connectivity index (χ4n) is 3.07. The molecule has 2 aromatic carbocycles. The van der Waals surface area contributed by atoms with Crippen LogP contribution in [0.15, 0.2) is 59.1 Å². The molecule has 27 heavy (non-hydrogen) atoms. The average Bonchev–Trinajstić information content (AvgIpc) is 3.11. The maximum Gasteiger partial charge on any atom is 0.261 e. The van der Waals surface area contributed by atoms with Crippen LogP contribution in [0.5, 0.6) is 0 Å². The van der Waals surface area contributed by atoms with E-state index in [9.17, 15) is 4.79 Å². The number of benzene rings is 2. The van der Waals surface area contributed by atoms with E-state index in [1.807, 2.05) is 66.0 Å². The van der Waals surface area contributed by atoms with Crippen molar-refractivity contribution in [2.75, 3.05) is 16.8 Å². The van der Waals surface area contributed by atoms with Crippen LogP contribution in [0.3, 0.4) is 0 Å². The standard InChI is InChI=1S/C21H20N2O2S2/c1-14-18(19(23-25-14)15-7-3-2-4-8-15)20(24)22-17-10-5-9-16(13-17)21-26-11-6-12-27-21/h2-5,7-10,13,21H,6,11-12H2,1H3,(H,22,24). The SMILES string of the molecule is Cc1onc(-c2ccccc2)c1C(=O)Nc1cccc(C2SCCCS2)c1. The highest BCUT2D eigenvalue weighted by Gasteiger charge is 2.22. The topological polar surface area (TPSA) is 55.1 Å². The van der Waals surface area contributed by atoms with E-state index in [2.05, 4.69) is 22.6 Å². The number of hydrogen-bond acceptors (Lipinski definition) is 5. The number of thioether (sulfide) groups is 2. The average molecular weight is 397 g/mol. The molecule has 1 aromatic heterocycles. The summed E-state index contributed by atoms with van der Waals surface area (Å²) >= 11 is 3.94. The van der Waals surface area contributed by atoms with Gasteiger partial charge in [-0.2, -0.15) is 0 Å². The molecular formula is C21H20N2O2S2. The van der Waals surface area contributed by atoms with E-state index in [4.69, 9.17) is 4.52 Å². The first-order valence-electron chi connectivity index (χ1n) is 8.88. The number of aryl methyl sites for hydroxylation is 1. The molecule has 1 fully saturated rings. The quantitative estimate of drug-likeness (QED) is 0.606. The molecule has 2 heterocycles. The summed E-state index contributed by atoms with van der Waals surface area (Å²) in [5, 5.41) is 7.11. The van der Waals surface area contributed by atoms with Gasteiger partial charge in [0, 0.05) is 11.3 Å². The van der Waals surface area contributed by atoms with Gasteiger partial charge in [-0.25, -0.2) is 0 Å². The van der Waals surface area contributed by atoms with Crippen LogP contribution in [0.1, 0.15) is 32.7 Å². The third-order valence-corrected chi connectivity index (χ3v) is 7.40. The van der Waals surface area contributed by atoms with Gasteiger partial charge in [0.15, 0.2) is 0 Å². The molecule has 1 saturated heterocycles. The van der Waals surface area contributed by atoms with E-state index in [0.29, 0.717) is 21.6 Å². The molecule has 1 amide bonds. The van der Waals surface area contributed by atoms with Crippen molar-refractivity contribution in [3.63, 3.8) is 0 Å². The summed E-state index contributed by atoms with van der Waals surface area (Å²) < 4.78 is 5.75. The lowest BCUT2D eigenvalue weighted by Gasteiger charge is -2.21. The fraction of sp³-hybridized carbons (Fsp3) is 0.238. The molecule has 1 aliphatic heterocycles. The van der Waals surface area contributed by atoms with Gasteiger partial charge in [0.2, 0.25) is 0 Å². The number of nitrogens with zero attached hydrogens (tertiary/aromatic N) is 1. The molecule has 1 N–H and O–H groups in total. The lowest BCUT2D eigenvalue weighted by atomic mass is 10.1. The summed E-state index contributed by atoms with van der Waals surface area (Å²) in [6.07, 6.45) is 1.26. The minimum atomic E-state index is -0.200. The van der Waals surface area contributed by atoms with Gasteiger partial charge < -0.3 is 9.84 Å². The van der Waals surface area contributed by atoms with Crippen molar-refractivity contribution in [1.29, 1.82) is 0 Å². The molecular weight excluding hydrogens is 376 g/mol. The Kier molecular flexibility index (Phi) is 5.55. The van der Waals surface area contributed by atoms with Crippen LogP contribution < -0.4 is 5.32 Å². The number of rotatable bonds is 4. The normalized spacial score (nSPS) is 14.9. The van der Waals surface area contributed by atoms with Gasteiger partial charge in [-0.15, -0.1) is 23.5 Å². The van der Waals surface area contributed by atoms with Crippen molar-refractivity contribution in [1.82, 2.24) is 5.16 Å². The van der Waals surface area contributed by atoms with Crippen molar-refractivity contribution >= 4 is 35.1 Å². The van der Waals surface area contributed by atoms with Gasteiger partial charge in [0.05, 0.1) is 4.58 Å². The van der Waals surface area contributed by atoms with Gasteiger partial charge in [-0.3, -0.25) is 4.79 Å². The van der Waals surface area contributed by atoms with Crippen molar-refractivity contribution in [3.8, 4) is 11.3 Å². The number of aromatic nitrogens is 1. The van der Waals surface area contributed by atoms with Crippen LogP contribution in [0.25, 0.3) is 11.3 Å². The molecule has 0 spiro atoms. The molecule has 1 aliphatic rings. The first kappa shape index (κ1) is 18.2. The van der Waals surface area contributed by atoms with E-state index < -0.39 is 0 Å². The maximum absolute atomic E-state index is 13.0. The van der Waals surface area contributed by atoms with Crippen LogP contribution in [0, 0.1) is 6.92 Å². The third-order valence-electron chi connectivity index (χ3n) is 4.38. The zero-order valence-electron chi connectivity index (χ0n) is 15.0. The highest BCUT2D eigenvalue weighted by molar-refractivity contribution is 8.16. The third kappa shape index (κ3) is 4.06. The largest absolute Gasteiger partial charge is 0.360 e.